The molecule has 2 N–H and O–H groups in total. The lowest BCUT2D eigenvalue weighted by atomic mass is 10.2. The molecule has 17 heavy (non-hydrogen) atoms. The topological polar surface area (TPSA) is 26.0 Å². The van der Waals surface area contributed by atoms with Gasteiger partial charge in [-0.25, -0.2) is 0 Å². The van der Waals surface area contributed by atoms with E-state index in [4.69, 9.17) is 5.73 Å². The highest BCUT2D eigenvalue weighted by Gasteiger charge is 2.03. The van der Waals surface area contributed by atoms with Crippen molar-refractivity contribution in [2.75, 3.05) is 5.73 Å². The van der Waals surface area contributed by atoms with E-state index in [9.17, 15) is 0 Å². The molecule has 0 aliphatic carbocycles. The Morgan fingerprint density at radius 1 is 0.882 bits per heavy atom. The third-order valence-electron chi connectivity index (χ3n) is 2.81. The molecule has 2 rings (SSSR count). The summed E-state index contributed by atoms with van der Waals surface area (Å²) in [6, 6.07) is 12.8. The van der Waals surface area contributed by atoms with Crippen LogP contribution in [0.15, 0.2) is 46.2 Å². The standard InChI is InChI=1S/C15H17NS/c1-10-4-7-15(12(3)8-10)17-13-6-5-11(2)14(16)9-13/h4-9H,16H2,1-3H3. The summed E-state index contributed by atoms with van der Waals surface area (Å²) in [5, 5.41) is 0. The Morgan fingerprint density at radius 2 is 1.65 bits per heavy atom. The maximum absolute atomic E-state index is 5.92. The average molecular weight is 243 g/mol. The Kier molecular flexibility index (Phi) is 3.43. The molecule has 0 aliphatic rings. The van der Waals surface area contributed by atoms with Gasteiger partial charge in [-0.2, -0.15) is 0 Å². The van der Waals surface area contributed by atoms with Gasteiger partial charge in [-0.3, -0.25) is 0 Å². The van der Waals surface area contributed by atoms with Crippen LogP contribution in [-0.2, 0) is 0 Å². The highest BCUT2D eigenvalue weighted by molar-refractivity contribution is 7.99. The Labute approximate surface area is 107 Å². The minimum atomic E-state index is 0.861. The SMILES string of the molecule is Cc1ccc(Sc2ccc(C)c(N)c2)c(C)c1. The zero-order valence-electron chi connectivity index (χ0n) is 10.4. The highest BCUT2D eigenvalue weighted by Crippen LogP contribution is 2.32. The molecule has 0 heterocycles. The predicted octanol–water partition coefficient (Wildman–Crippen LogP) is 4.35. The molecule has 0 aromatic heterocycles. The number of benzene rings is 2. The lowest BCUT2D eigenvalue weighted by Gasteiger charge is -2.08. The van der Waals surface area contributed by atoms with Crippen molar-refractivity contribution in [2.45, 2.75) is 30.6 Å². The highest BCUT2D eigenvalue weighted by atomic mass is 32.2. The van der Waals surface area contributed by atoms with E-state index < -0.39 is 0 Å². The van der Waals surface area contributed by atoms with E-state index in [1.54, 1.807) is 11.8 Å². The Bertz CT molecular complexity index is 547. The molecule has 0 atom stereocenters. The van der Waals surface area contributed by atoms with Crippen molar-refractivity contribution < 1.29 is 0 Å². The molecule has 2 aromatic carbocycles. The van der Waals surface area contributed by atoms with Crippen LogP contribution < -0.4 is 5.73 Å². The van der Waals surface area contributed by atoms with Crippen LogP contribution in [0.3, 0.4) is 0 Å². The van der Waals surface area contributed by atoms with Crippen molar-refractivity contribution in [3.05, 3.63) is 53.1 Å². The summed E-state index contributed by atoms with van der Waals surface area (Å²) < 4.78 is 0. The average Bonchev–Trinajstić information content (AvgIpc) is 2.27. The van der Waals surface area contributed by atoms with Gasteiger partial charge in [-0.15, -0.1) is 0 Å². The van der Waals surface area contributed by atoms with Gasteiger partial charge in [0, 0.05) is 15.5 Å². The van der Waals surface area contributed by atoms with E-state index in [0.717, 1.165) is 11.3 Å². The molecular formula is C15H17NS. The summed E-state index contributed by atoms with van der Waals surface area (Å²) in [6.07, 6.45) is 0. The molecular weight excluding hydrogens is 226 g/mol. The fraction of sp³-hybridized carbons (Fsp3) is 0.200. The van der Waals surface area contributed by atoms with Gasteiger partial charge in [0.1, 0.15) is 0 Å². The van der Waals surface area contributed by atoms with Gasteiger partial charge in [-0.1, -0.05) is 35.5 Å². The van der Waals surface area contributed by atoms with E-state index in [-0.39, 0.29) is 0 Å². The molecule has 2 heteroatoms. The van der Waals surface area contributed by atoms with E-state index in [1.807, 2.05) is 13.0 Å². The number of aryl methyl sites for hydroxylation is 3. The largest absolute Gasteiger partial charge is 0.398 e. The third kappa shape index (κ3) is 2.83. The van der Waals surface area contributed by atoms with Crippen LogP contribution >= 0.6 is 11.8 Å². The molecule has 0 bridgehead atoms. The molecule has 0 amide bonds. The predicted molar refractivity (Wildman–Crippen MR) is 75.6 cm³/mol. The lowest BCUT2D eigenvalue weighted by molar-refractivity contribution is 1.26. The summed E-state index contributed by atoms with van der Waals surface area (Å²) in [4.78, 5) is 2.49. The first kappa shape index (κ1) is 12.1. The van der Waals surface area contributed by atoms with Gasteiger partial charge in [0.2, 0.25) is 0 Å². The third-order valence-corrected chi connectivity index (χ3v) is 3.98. The van der Waals surface area contributed by atoms with Gasteiger partial charge < -0.3 is 5.73 Å². The van der Waals surface area contributed by atoms with Crippen LogP contribution in [0.1, 0.15) is 16.7 Å². The maximum Gasteiger partial charge on any atom is 0.0355 e. The van der Waals surface area contributed by atoms with Crippen LogP contribution in [0.25, 0.3) is 0 Å². The normalized spacial score (nSPS) is 10.5. The molecule has 0 saturated carbocycles. The number of nitrogens with two attached hydrogens (primary N) is 1. The molecule has 1 nitrogen and oxygen atoms in total. The zero-order valence-corrected chi connectivity index (χ0v) is 11.3. The number of hydrogen-bond donors (Lipinski definition) is 1. The summed E-state index contributed by atoms with van der Waals surface area (Å²) in [7, 11) is 0. The molecule has 88 valence electrons. The second kappa shape index (κ2) is 4.84. The number of hydrogen-bond acceptors (Lipinski definition) is 2. The van der Waals surface area contributed by atoms with Crippen molar-refractivity contribution in [3.63, 3.8) is 0 Å². The Morgan fingerprint density at radius 3 is 2.29 bits per heavy atom. The van der Waals surface area contributed by atoms with Crippen LogP contribution in [0.2, 0.25) is 0 Å². The van der Waals surface area contributed by atoms with Gasteiger partial charge in [0.25, 0.3) is 0 Å². The molecule has 0 spiro atoms. The quantitative estimate of drug-likeness (QED) is 0.794. The Balaban J connectivity index is 2.28. The van der Waals surface area contributed by atoms with Crippen LogP contribution in [0.5, 0.6) is 0 Å². The fourth-order valence-corrected chi connectivity index (χ4v) is 2.65. The number of rotatable bonds is 2. The zero-order chi connectivity index (χ0) is 12.4. The van der Waals surface area contributed by atoms with E-state index in [1.165, 1.54) is 20.9 Å². The summed E-state index contributed by atoms with van der Waals surface area (Å²) in [6.45, 7) is 6.29. The van der Waals surface area contributed by atoms with Crippen molar-refractivity contribution in [1.82, 2.24) is 0 Å². The molecule has 0 radical (unpaired) electrons. The van der Waals surface area contributed by atoms with Crippen molar-refractivity contribution in [3.8, 4) is 0 Å². The van der Waals surface area contributed by atoms with Crippen molar-refractivity contribution >= 4 is 17.4 Å². The first-order valence-corrected chi connectivity index (χ1v) is 6.49. The summed E-state index contributed by atoms with van der Waals surface area (Å²) >= 11 is 1.77. The van der Waals surface area contributed by atoms with Gasteiger partial charge in [0.05, 0.1) is 0 Å². The first-order valence-electron chi connectivity index (χ1n) is 5.67. The van der Waals surface area contributed by atoms with Gasteiger partial charge in [-0.05, 0) is 50.1 Å². The van der Waals surface area contributed by atoms with E-state index in [0.29, 0.717) is 0 Å². The minimum absolute atomic E-state index is 0.861. The summed E-state index contributed by atoms with van der Waals surface area (Å²) in [5.74, 6) is 0. The smallest absolute Gasteiger partial charge is 0.0355 e. The van der Waals surface area contributed by atoms with Crippen LogP contribution in [0.4, 0.5) is 5.69 Å². The van der Waals surface area contributed by atoms with E-state index >= 15 is 0 Å². The summed E-state index contributed by atoms with van der Waals surface area (Å²) in [5.41, 5.74) is 10.5. The van der Waals surface area contributed by atoms with Gasteiger partial charge in [0.15, 0.2) is 0 Å². The van der Waals surface area contributed by atoms with Gasteiger partial charge >= 0.3 is 0 Å². The molecule has 0 aliphatic heterocycles. The van der Waals surface area contributed by atoms with Crippen LogP contribution in [-0.4, -0.2) is 0 Å². The number of nitrogen functional groups attached to an aromatic ring is 1. The second-order valence-electron chi connectivity index (χ2n) is 4.39. The Hall–Kier alpha value is -1.41. The number of anilines is 1. The maximum atomic E-state index is 5.92. The lowest BCUT2D eigenvalue weighted by Crippen LogP contribution is -1.89. The van der Waals surface area contributed by atoms with Crippen LogP contribution in [0, 0.1) is 20.8 Å². The first-order chi connectivity index (χ1) is 8.06. The van der Waals surface area contributed by atoms with Crippen molar-refractivity contribution in [2.24, 2.45) is 0 Å². The molecule has 2 aromatic rings. The molecule has 0 unspecified atom stereocenters. The second-order valence-corrected chi connectivity index (χ2v) is 5.50. The van der Waals surface area contributed by atoms with Crippen molar-refractivity contribution in [1.29, 1.82) is 0 Å². The minimum Gasteiger partial charge on any atom is -0.398 e. The fourth-order valence-electron chi connectivity index (χ4n) is 1.72. The molecule has 0 saturated heterocycles. The molecule has 0 fully saturated rings. The monoisotopic (exact) mass is 243 g/mol. The van der Waals surface area contributed by atoms with E-state index in [2.05, 4.69) is 44.2 Å².